The number of carbonyl (C=O) groups excluding carboxylic acids is 1. The average molecular weight is 456 g/mol. The van der Waals surface area contributed by atoms with Crippen LogP contribution in [0.5, 0.6) is 11.5 Å². The molecule has 5 nitrogen and oxygen atoms in total. The quantitative estimate of drug-likeness (QED) is 0.668. The van der Waals surface area contributed by atoms with Crippen molar-refractivity contribution in [2.45, 2.75) is 94.2 Å². The maximum Gasteiger partial charge on any atom is 0.258 e. The highest BCUT2D eigenvalue weighted by atomic mass is 28.4. The first-order valence-corrected chi connectivity index (χ1v) is 14.3. The van der Waals surface area contributed by atoms with Gasteiger partial charge in [-0.1, -0.05) is 47.6 Å². The van der Waals surface area contributed by atoms with Gasteiger partial charge < -0.3 is 14.3 Å². The summed E-state index contributed by atoms with van der Waals surface area (Å²) in [5.41, 5.74) is 1.67. The lowest BCUT2D eigenvalue weighted by Gasteiger charge is -2.60. The van der Waals surface area contributed by atoms with Gasteiger partial charge in [0.2, 0.25) is 0 Å². The van der Waals surface area contributed by atoms with Gasteiger partial charge in [0.1, 0.15) is 11.4 Å². The zero-order chi connectivity index (χ0) is 23.2. The van der Waals surface area contributed by atoms with Crippen LogP contribution < -0.4 is 9.16 Å². The van der Waals surface area contributed by atoms with Crippen LogP contribution in [0, 0.1) is 0 Å². The van der Waals surface area contributed by atoms with Gasteiger partial charge in [-0.15, -0.1) is 0 Å². The summed E-state index contributed by atoms with van der Waals surface area (Å²) in [4.78, 5) is 15.3. The first-order valence-electron chi connectivity index (χ1n) is 12.2. The summed E-state index contributed by atoms with van der Waals surface area (Å²) in [6.07, 6.45) is 4.06. The van der Waals surface area contributed by atoms with Crippen LogP contribution in [0.2, 0.25) is 16.6 Å². The molecule has 1 spiro atoms. The zero-order valence-corrected chi connectivity index (χ0v) is 21.4. The predicted octanol–water partition coefficient (Wildman–Crippen LogP) is 4.37. The van der Waals surface area contributed by atoms with Gasteiger partial charge in [-0.25, -0.2) is 0 Å². The summed E-state index contributed by atoms with van der Waals surface area (Å²) in [5.74, 6) is 1.43. The van der Waals surface area contributed by atoms with Gasteiger partial charge in [-0.05, 0) is 66.8 Å². The summed E-state index contributed by atoms with van der Waals surface area (Å²) >= 11 is 0. The third-order valence-corrected chi connectivity index (χ3v) is 15.1. The molecule has 0 amide bonds. The Morgan fingerprint density at radius 1 is 1.16 bits per heavy atom. The number of ether oxygens (including phenoxy) is 1. The number of hydrogen-bond donors (Lipinski definition) is 1. The van der Waals surface area contributed by atoms with Crippen molar-refractivity contribution in [2.24, 2.45) is 0 Å². The number of likely N-dealkylation sites (N-methyl/N-ethyl adjacent to an activating group) is 1. The second-order valence-corrected chi connectivity index (χ2v) is 16.7. The minimum absolute atomic E-state index is 0.0481. The highest BCUT2D eigenvalue weighted by Gasteiger charge is 2.71. The Labute approximate surface area is 192 Å². The molecule has 4 atom stereocenters. The molecule has 1 saturated heterocycles. The number of aliphatic hydroxyl groups is 1. The molecule has 4 aliphatic rings. The van der Waals surface area contributed by atoms with Crippen LogP contribution in [0.15, 0.2) is 24.3 Å². The Morgan fingerprint density at radius 3 is 2.44 bits per heavy atom. The molecule has 2 aliphatic heterocycles. The van der Waals surface area contributed by atoms with Crippen LogP contribution in [-0.2, 0) is 16.6 Å². The lowest BCUT2D eigenvalue weighted by Crippen LogP contribution is -2.74. The van der Waals surface area contributed by atoms with Crippen molar-refractivity contribution in [3.63, 3.8) is 0 Å². The molecular formula is C26H37NO4Si. The second-order valence-electron chi connectivity index (χ2n) is 11.3. The monoisotopic (exact) mass is 455 g/mol. The molecule has 174 valence electrons. The molecule has 0 saturated carbocycles. The van der Waals surface area contributed by atoms with E-state index >= 15 is 0 Å². The van der Waals surface area contributed by atoms with Crippen molar-refractivity contribution >= 4 is 14.1 Å². The third-order valence-electron chi connectivity index (χ3n) is 9.12. The molecule has 2 heterocycles. The van der Waals surface area contributed by atoms with E-state index in [4.69, 9.17) is 9.16 Å². The molecular weight excluding hydrogens is 418 g/mol. The topological polar surface area (TPSA) is 59.0 Å². The van der Waals surface area contributed by atoms with E-state index in [1.54, 1.807) is 12.2 Å². The standard InChI is InChI=1S/C26H37NO4Si/c1-15(2)32(16(3)4,17(5)6)31-20-9-8-18-14-21-26(29)11-10-19(28)24-25(26,12-13-27(21)7)22(18)23(20)30-24/h8-11,15-17,21,24,29H,12-14H2,1-7H3/t21-,24+,25+,26-/m1/s1. The molecule has 1 fully saturated rings. The molecule has 1 aromatic carbocycles. The van der Waals surface area contributed by atoms with E-state index in [0.29, 0.717) is 28.8 Å². The fraction of sp³-hybridized carbons (Fsp3) is 0.654. The molecule has 0 aromatic heterocycles. The Kier molecular flexibility index (Phi) is 4.81. The number of piperidine rings is 1. The number of hydrogen-bond acceptors (Lipinski definition) is 5. The lowest BCUT2D eigenvalue weighted by molar-refractivity contribution is -0.151. The summed E-state index contributed by atoms with van der Waals surface area (Å²) < 4.78 is 13.6. The lowest BCUT2D eigenvalue weighted by atomic mass is 9.51. The van der Waals surface area contributed by atoms with Crippen molar-refractivity contribution in [3.8, 4) is 11.5 Å². The van der Waals surface area contributed by atoms with Crippen molar-refractivity contribution in [3.05, 3.63) is 35.4 Å². The number of ketones is 1. The number of benzene rings is 1. The normalized spacial score (nSPS) is 33.2. The van der Waals surface area contributed by atoms with E-state index in [9.17, 15) is 9.90 Å². The van der Waals surface area contributed by atoms with Crippen molar-refractivity contribution in [1.29, 1.82) is 0 Å². The first-order chi connectivity index (χ1) is 15.0. The fourth-order valence-electron chi connectivity index (χ4n) is 7.74. The van der Waals surface area contributed by atoms with Crippen molar-refractivity contribution in [1.82, 2.24) is 4.90 Å². The molecule has 6 heteroatoms. The number of likely N-dealkylation sites (tertiary alicyclic amines) is 1. The van der Waals surface area contributed by atoms with Crippen LogP contribution in [-0.4, -0.2) is 55.4 Å². The van der Waals surface area contributed by atoms with Gasteiger partial charge >= 0.3 is 0 Å². The van der Waals surface area contributed by atoms with Crippen LogP contribution in [0.4, 0.5) is 0 Å². The van der Waals surface area contributed by atoms with E-state index in [0.717, 1.165) is 24.3 Å². The van der Waals surface area contributed by atoms with Crippen LogP contribution in [0.1, 0.15) is 59.1 Å². The Morgan fingerprint density at radius 2 is 1.81 bits per heavy atom. The Bertz CT molecular complexity index is 980. The number of rotatable bonds is 5. The summed E-state index contributed by atoms with van der Waals surface area (Å²) in [5, 5.41) is 12.1. The Hall–Kier alpha value is -1.63. The summed E-state index contributed by atoms with van der Waals surface area (Å²) in [7, 11) is -0.137. The van der Waals surface area contributed by atoms with Crippen LogP contribution >= 0.6 is 0 Å². The van der Waals surface area contributed by atoms with Gasteiger partial charge in [-0.2, -0.15) is 0 Å². The largest absolute Gasteiger partial charge is 0.540 e. The minimum Gasteiger partial charge on any atom is -0.540 e. The second kappa shape index (κ2) is 6.94. The molecule has 0 unspecified atom stereocenters. The fourth-order valence-corrected chi connectivity index (χ4v) is 13.0. The molecule has 2 aliphatic carbocycles. The SMILES string of the molecule is CC(C)[Si](Oc1ccc2c3c1O[C@H]1C(=O)C=C[C@@]4(O)[C@@H](C2)N(C)CC[C@]314)(C(C)C)C(C)C. The van der Waals surface area contributed by atoms with E-state index in [-0.39, 0.29) is 11.8 Å². The molecule has 5 rings (SSSR count). The molecule has 32 heavy (non-hydrogen) atoms. The third kappa shape index (κ3) is 2.44. The van der Waals surface area contributed by atoms with Crippen LogP contribution in [0.25, 0.3) is 0 Å². The number of carbonyl (C=O) groups is 1. The van der Waals surface area contributed by atoms with Crippen LogP contribution in [0.3, 0.4) is 0 Å². The molecule has 1 N–H and O–H groups in total. The summed E-state index contributed by atoms with van der Waals surface area (Å²) in [6, 6.07) is 4.16. The maximum absolute atomic E-state index is 13.1. The average Bonchev–Trinajstić information content (AvgIpc) is 3.07. The Balaban J connectivity index is 1.72. The molecule has 1 aromatic rings. The van der Waals surface area contributed by atoms with E-state index in [1.165, 1.54) is 5.56 Å². The highest BCUT2D eigenvalue weighted by molar-refractivity contribution is 6.78. The van der Waals surface area contributed by atoms with Crippen molar-refractivity contribution in [2.75, 3.05) is 13.6 Å². The van der Waals surface area contributed by atoms with Gasteiger partial charge in [0.15, 0.2) is 17.6 Å². The van der Waals surface area contributed by atoms with Gasteiger partial charge in [-0.3, -0.25) is 9.69 Å². The number of nitrogens with zero attached hydrogens (tertiary/aromatic N) is 1. The first kappa shape index (κ1) is 22.2. The van der Waals surface area contributed by atoms with Gasteiger partial charge in [0.05, 0.1) is 5.41 Å². The highest BCUT2D eigenvalue weighted by Crippen LogP contribution is 2.64. The zero-order valence-electron chi connectivity index (χ0n) is 20.4. The van der Waals surface area contributed by atoms with Gasteiger partial charge in [0.25, 0.3) is 8.32 Å². The maximum atomic E-state index is 13.1. The minimum atomic E-state index is -2.21. The van der Waals surface area contributed by atoms with E-state index < -0.39 is 25.4 Å². The van der Waals surface area contributed by atoms with Crippen molar-refractivity contribution < 1.29 is 19.1 Å². The summed E-state index contributed by atoms with van der Waals surface area (Å²) in [6.45, 7) is 14.5. The molecule has 0 radical (unpaired) electrons. The molecule has 2 bridgehead atoms. The smallest absolute Gasteiger partial charge is 0.258 e. The van der Waals surface area contributed by atoms with E-state index in [2.05, 4.69) is 65.6 Å². The predicted molar refractivity (Wildman–Crippen MR) is 128 cm³/mol. The van der Waals surface area contributed by atoms with E-state index in [1.807, 2.05) is 0 Å². The van der Waals surface area contributed by atoms with Gasteiger partial charge in [0, 0.05) is 11.6 Å².